The zero-order valence-corrected chi connectivity index (χ0v) is 18.5. The van der Waals surface area contributed by atoms with E-state index < -0.39 is 11.4 Å². The van der Waals surface area contributed by atoms with Gasteiger partial charge in [0.2, 0.25) is 0 Å². The van der Waals surface area contributed by atoms with E-state index in [1.807, 2.05) is 51.4 Å². The van der Waals surface area contributed by atoms with E-state index in [1.54, 1.807) is 18.0 Å². The van der Waals surface area contributed by atoms with Crippen LogP contribution in [-0.2, 0) is 10.4 Å². The number of hydrogen-bond donors (Lipinski definition) is 0. The summed E-state index contributed by atoms with van der Waals surface area (Å²) in [4.78, 5) is 22.9. The van der Waals surface area contributed by atoms with Crippen molar-refractivity contribution in [3.63, 3.8) is 0 Å². The lowest BCUT2D eigenvalue weighted by atomic mass is 9.91. The zero-order chi connectivity index (χ0) is 21.9. The quantitative estimate of drug-likeness (QED) is 0.646. The minimum absolute atomic E-state index is 0.218. The number of nitrogens with zero attached hydrogens (tertiary/aromatic N) is 3. The normalized spacial score (nSPS) is 18.4. The Balaban J connectivity index is 1.94. The predicted octanol–water partition coefficient (Wildman–Crippen LogP) is 4.99. The Morgan fingerprint density at radius 2 is 1.83 bits per heavy atom. The molecule has 5 nitrogen and oxygen atoms in total. The van der Waals surface area contributed by atoms with Crippen LogP contribution in [0.4, 0.5) is 9.18 Å². The van der Waals surface area contributed by atoms with Crippen molar-refractivity contribution in [3.8, 4) is 0 Å². The van der Waals surface area contributed by atoms with Crippen LogP contribution in [0, 0.1) is 5.82 Å². The molecule has 0 bridgehead atoms. The van der Waals surface area contributed by atoms with Gasteiger partial charge in [-0.3, -0.25) is 0 Å². The number of hydrogen-bond acceptors (Lipinski definition) is 3. The zero-order valence-electron chi connectivity index (χ0n) is 17.7. The van der Waals surface area contributed by atoms with E-state index >= 15 is 0 Å². The van der Waals surface area contributed by atoms with Crippen molar-refractivity contribution in [1.29, 1.82) is 0 Å². The molecule has 0 radical (unpaired) electrons. The van der Waals surface area contributed by atoms with E-state index in [4.69, 9.17) is 16.4 Å². The van der Waals surface area contributed by atoms with Gasteiger partial charge in [-0.15, -0.1) is 5.06 Å². The first-order valence-electron chi connectivity index (χ1n) is 9.84. The highest BCUT2D eigenvalue weighted by atomic mass is 35.5. The van der Waals surface area contributed by atoms with E-state index in [2.05, 4.69) is 4.90 Å². The summed E-state index contributed by atoms with van der Waals surface area (Å²) in [5.74, 6) is -0.203. The average Bonchev–Trinajstić information content (AvgIpc) is 3.08. The number of urea groups is 1. The molecule has 2 amide bonds. The van der Waals surface area contributed by atoms with Crippen molar-refractivity contribution in [1.82, 2.24) is 14.9 Å². The fourth-order valence-electron chi connectivity index (χ4n) is 3.44. The summed E-state index contributed by atoms with van der Waals surface area (Å²) in [6, 6.07) is 13.5. The van der Waals surface area contributed by atoms with E-state index in [0.717, 1.165) is 18.5 Å². The minimum atomic E-state index is -0.905. The molecule has 0 aliphatic carbocycles. The number of benzene rings is 2. The molecule has 2 aromatic rings. The minimum Gasteiger partial charge on any atom is -0.374 e. The molecule has 0 aromatic heterocycles. The fraction of sp³-hybridized carbons (Fsp3) is 0.348. The molecule has 160 valence electrons. The molecule has 1 atom stereocenters. The number of rotatable bonds is 6. The van der Waals surface area contributed by atoms with Crippen LogP contribution in [-0.4, -0.2) is 55.1 Å². The van der Waals surface area contributed by atoms with Gasteiger partial charge in [0.15, 0.2) is 5.76 Å². The fourth-order valence-corrected chi connectivity index (χ4v) is 3.61. The lowest BCUT2D eigenvalue weighted by Crippen LogP contribution is -2.48. The van der Waals surface area contributed by atoms with Gasteiger partial charge in [-0.2, -0.15) is 0 Å². The van der Waals surface area contributed by atoms with Crippen LogP contribution in [0.15, 0.2) is 54.6 Å². The second-order valence-corrected chi connectivity index (χ2v) is 8.33. The van der Waals surface area contributed by atoms with Crippen LogP contribution in [0.2, 0.25) is 5.02 Å². The molecule has 1 heterocycles. The Labute approximate surface area is 182 Å². The highest BCUT2D eigenvalue weighted by Crippen LogP contribution is 2.42. The number of carbonyl (C=O) groups is 1. The van der Waals surface area contributed by atoms with Gasteiger partial charge in [0.05, 0.1) is 5.56 Å². The van der Waals surface area contributed by atoms with Crippen molar-refractivity contribution >= 4 is 23.4 Å². The van der Waals surface area contributed by atoms with Gasteiger partial charge >= 0.3 is 6.03 Å². The van der Waals surface area contributed by atoms with Crippen molar-refractivity contribution in [2.24, 2.45) is 0 Å². The highest BCUT2D eigenvalue weighted by molar-refractivity contribution is 6.30. The Hall–Kier alpha value is -2.57. The average molecular weight is 432 g/mol. The maximum Gasteiger partial charge on any atom is 0.354 e. The Bertz CT molecular complexity index is 935. The first-order chi connectivity index (χ1) is 14.2. The molecule has 0 N–H and O–H groups in total. The molecule has 3 rings (SSSR count). The smallest absolute Gasteiger partial charge is 0.354 e. The van der Waals surface area contributed by atoms with Crippen LogP contribution in [0.5, 0.6) is 0 Å². The van der Waals surface area contributed by atoms with Crippen LogP contribution >= 0.6 is 11.6 Å². The lowest BCUT2D eigenvalue weighted by molar-refractivity contribution is -0.0906. The Morgan fingerprint density at radius 3 is 2.50 bits per heavy atom. The van der Waals surface area contributed by atoms with Crippen molar-refractivity contribution in [2.45, 2.75) is 18.9 Å². The van der Waals surface area contributed by atoms with Gasteiger partial charge in [0.25, 0.3) is 0 Å². The lowest BCUT2D eigenvalue weighted by Gasteiger charge is -2.35. The van der Waals surface area contributed by atoms with Crippen molar-refractivity contribution in [2.75, 3.05) is 34.2 Å². The largest absolute Gasteiger partial charge is 0.374 e. The van der Waals surface area contributed by atoms with E-state index in [-0.39, 0.29) is 17.4 Å². The molecule has 0 fully saturated rings. The molecule has 0 spiro atoms. The predicted molar refractivity (Wildman–Crippen MR) is 117 cm³/mol. The SMILES string of the molecule is CN(C)CCCN(C)C(=O)N1OC(c2cc(Cl)ccc2F)=CC1(C)c1ccccc1. The number of carbonyl (C=O) groups excluding carboxylic acids is 1. The molecular weight excluding hydrogens is 405 g/mol. The van der Waals surface area contributed by atoms with Crippen LogP contribution in [0.3, 0.4) is 0 Å². The third-order valence-electron chi connectivity index (χ3n) is 5.17. The van der Waals surface area contributed by atoms with Crippen LogP contribution in [0.1, 0.15) is 24.5 Å². The van der Waals surface area contributed by atoms with Crippen molar-refractivity contribution < 1.29 is 14.0 Å². The van der Waals surface area contributed by atoms with E-state index in [1.165, 1.54) is 23.3 Å². The first-order valence-corrected chi connectivity index (χ1v) is 10.2. The topological polar surface area (TPSA) is 36.0 Å². The van der Waals surface area contributed by atoms with E-state index in [9.17, 15) is 9.18 Å². The molecule has 0 saturated carbocycles. The van der Waals surface area contributed by atoms with Gasteiger partial charge in [0, 0.05) is 18.6 Å². The monoisotopic (exact) mass is 431 g/mol. The van der Waals surface area contributed by atoms with Gasteiger partial charge in [0.1, 0.15) is 11.4 Å². The summed E-state index contributed by atoms with van der Waals surface area (Å²) in [6.45, 7) is 3.32. The number of hydroxylamine groups is 2. The summed E-state index contributed by atoms with van der Waals surface area (Å²) < 4.78 is 14.5. The third kappa shape index (κ3) is 4.60. The van der Waals surface area contributed by atoms with Crippen molar-refractivity contribution in [3.05, 3.63) is 76.6 Å². The molecule has 1 aliphatic heterocycles. The molecule has 2 aromatic carbocycles. The summed E-state index contributed by atoms with van der Waals surface area (Å²) in [5, 5.41) is 1.70. The Kier molecular flexibility index (Phi) is 6.68. The molecule has 0 saturated heterocycles. The van der Waals surface area contributed by atoms with Gasteiger partial charge < -0.3 is 14.6 Å². The number of halogens is 2. The van der Waals surface area contributed by atoms with Gasteiger partial charge in [-0.1, -0.05) is 41.9 Å². The van der Waals surface area contributed by atoms with Gasteiger partial charge in [-0.25, -0.2) is 9.18 Å². The second kappa shape index (κ2) is 9.06. The molecule has 7 heteroatoms. The maximum atomic E-state index is 14.5. The summed E-state index contributed by atoms with van der Waals surface area (Å²) in [6.07, 6.45) is 2.59. The molecule has 1 aliphatic rings. The maximum absolute atomic E-state index is 14.5. The molecule has 1 unspecified atom stereocenters. The number of amides is 2. The summed E-state index contributed by atoms with van der Waals surface area (Å²) >= 11 is 6.07. The van der Waals surface area contributed by atoms with Crippen LogP contribution < -0.4 is 0 Å². The standard InChI is InChI=1S/C23H27ClFN3O2/c1-23(17-9-6-5-7-10-17)16-21(19-15-18(24)11-12-20(19)25)30-28(23)22(29)27(4)14-8-13-26(2)3/h5-7,9-12,15-16H,8,13-14H2,1-4H3. The summed E-state index contributed by atoms with van der Waals surface area (Å²) in [5.41, 5.74) is 0.172. The summed E-state index contributed by atoms with van der Waals surface area (Å²) in [7, 11) is 5.73. The van der Waals surface area contributed by atoms with Crippen LogP contribution in [0.25, 0.3) is 5.76 Å². The Morgan fingerprint density at radius 1 is 1.13 bits per heavy atom. The first kappa shape index (κ1) is 22.1. The highest BCUT2D eigenvalue weighted by Gasteiger charge is 2.45. The van der Waals surface area contributed by atoms with Gasteiger partial charge in [-0.05, 0) is 63.8 Å². The second-order valence-electron chi connectivity index (χ2n) is 7.89. The molecule has 30 heavy (non-hydrogen) atoms. The van der Waals surface area contributed by atoms with E-state index in [0.29, 0.717) is 11.6 Å². The third-order valence-corrected chi connectivity index (χ3v) is 5.41. The molecular formula is C23H27ClFN3O2.